The molecule has 3 unspecified atom stereocenters. The van der Waals surface area contributed by atoms with Crippen molar-refractivity contribution in [2.75, 3.05) is 99.9 Å². The number of para-hydroxylation sites is 3. The average Bonchev–Trinajstić information content (AvgIpc) is 1.86. The summed E-state index contributed by atoms with van der Waals surface area (Å²) in [5, 5.41) is 13.3. The molecule has 6 aliphatic rings. The number of nitrogens with one attached hydrogen (secondary N) is 5. The minimum Gasteiger partial charge on any atom is -0.444 e. The van der Waals surface area contributed by atoms with Gasteiger partial charge in [0.2, 0.25) is 35.4 Å². The molecular weight excluding hydrogens is 1730 g/mol. The summed E-state index contributed by atoms with van der Waals surface area (Å²) < 4.78 is 36.8. The molecule has 5 N–H and O–H groups in total. The number of aryl methyl sites for hydroxylation is 3. The van der Waals surface area contributed by atoms with Gasteiger partial charge in [-0.15, -0.1) is 12.4 Å². The molecule has 9 heterocycles. The molecule has 6 fully saturated rings. The Labute approximate surface area is 642 Å². The van der Waals surface area contributed by atoms with Gasteiger partial charge in [0.05, 0.1) is 84.3 Å². The molecule has 6 atom stereocenters. The van der Waals surface area contributed by atoms with E-state index in [0.717, 1.165) is 60.4 Å². The molecule has 8 amide bonds. The third kappa shape index (κ3) is 21.4. The number of benzene rings is 3. The van der Waals surface area contributed by atoms with Gasteiger partial charge in [0.25, 0.3) is 0 Å². The fraction of sp³-hybridized carbons (Fsp3) is 0.571. The Morgan fingerprint density at radius 1 is 0.552 bits per heavy atom. The van der Waals surface area contributed by atoms with Crippen LogP contribution in [0.25, 0.3) is 33.1 Å². The van der Waals surface area contributed by atoms with Gasteiger partial charge in [0, 0.05) is 161 Å². The monoisotopic (exact) mass is 1820 g/mol. The number of aromatic nitrogens is 6. The van der Waals surface area contributed by atoms with E-state index in [1.54, 1.807) is 67.5 Å². The number of ether oxygens (including phenoxy) is 5. The third-order valence-corrected chi connectivity index (χ3v) is 18.2. The Morgan fingerprint density at radius 2 is 0.924 bits per heavy atom. The van der Waals surface area contributed by atoms with E-state index in [-0.39, 0.29) is 139 Å². The summed E-state index contributed by atoms with van der Waals surface area (Å²) in [5.74, 6) is -2.29. The molecule has 35 heteroatoms. The first-order chi connectivity index (χ1) is 48.4. The number of nitrogens with zero attached hydrogens (tertiary/aromatic N) is 10. The number of fused-ring (bicyclic) bond motifs is 3. The second kappa shape index (κ2) is 37.8. The number of morpholine rings is 3. The molecule has 574 valence electrons. The van der Waals surface area contributed by atoms with Gasteiger partial charge < -0.3 is 44.1 Å². The normalized spacial score (nSPS) is 20.9. The van der Waals surface area contributed by atoms with Crippen LogP contribution in [0.5, 0.6) is 0 Å². The van der Waals surface area contributed by atoms with Crippen molar-refractivity contribution in [3.8, 4) is 0 Å². The molecule has 6 aromatic rings. The van der Waals surface area contributed by atoms with Gasteiger partial charge >= 0.3 is 29.3 Å². The van der Waals surface area contributed by atoms with Gasteiger partial charge in [-0.3, -0.25) is 86.7 Å². The van der Waals surface area contributed by atoms with Crippen molar-refractivity contribution >= 4 is 99.4 Å². The first-order valence-corrected chi connectivity index (χ1v) is 34.4. The molecule has 0 spiro atoms. The van der Waals surface area contributed by atoms with Crippen LogP contribution in [0, 0.1) is 0 Å². The summed E-state index contributed by atoms with van der Waals surface area (Å²) in [5.41, 5.74) is 4.46. The fourth-order valence-corrected chi connectivity index (χ4v) is 13.5. The Bertz CT molecular complexity index is 4320. The molecule has 0 bridgehead atoms. The number of carbonyl (C=O) groups is 9. The first kappa shape index (κ1) is 86.4. The molecule has 6 aliphatic heterocycles. The fourth-order valence-electron chi connectivity index (χ4n) is 13.5. The molecule has 3 aromatic heterocycles. The van der Waals surface area contributed by atoms with E-state index in [1.807, 2.05) is 85.0 Å². The van der Waals surface area contributed by atoms with Crippen molar-refractivity contribution in [3.63, 3.8) is 0 Å². The summed E-state index contributed by atoms with van der Waals surface area (Å²) in [4.78, 5) is 153. The number of piperidine rings is 3. The standard InChI is InChI=1S/C25H35N5O6.C20H27N5O4.C14H13N3O4.C11H22N2O3.ClH.2W/c1-25(2,3)36-24(34)27(4)14-17-15-29(11-12-35-17)13-16-7-6-8-18-21(16)28(5)23(33)30(18)19-9-10-20(31)26-22(19)32;1-21-10-14-12-24(8-9-29-14)11-13-4-3-5-15-18(13)23(2)20(28)25(15)16-6-7-17(26)22-19(16)27;1-16-12-8(7-18)3-2-4-9(12)17(14(16)21)10-5-6-11(19)15-13(10)20;1-11(2,3)16-10(14)13(4)8-9-7-12-5-6-15-9;;;/h6-8,17,19H,9-15H2,1-5H3,(H,26,31,32);3-5,14,16,21H,6-12H2,1-2H3,(H,22,26,27);2-4,7,10H,5-6H2,1H3,(H,15,19,20);9,12H,5-8H2,1-4H3;1H;;/t17-,19?;14-,16?;;9-;;;/m00.1.../s1. The van der Waals surface area contributed by atoms with Crippen LogP contribution in [0.1, 0.15) is 120 Å². The summed E-state index contributed by atoms with van der Waals surface area (Å²) in [7, 11) is 10.3. The van der Waals surface area contributed by atoms with E-state index in [1.165, 1.54) is 23.2 Å². The number of imide groups is 3. The molecule has 105 heavy (non-hydrogen) atoms. The van der Waals surface area contributed by atoms with E-state index in [2.05, 4.69) is 36.4 Å². The maximum absolute atomic E-state index is 13.2. The van der Waals surface area contributed by atoms with Gasteiger partial charge in [-0.1, -0.05) is 30.3 Å². The van der Waals surface area contributed by atoms with Gasteiger partial charge in [-0.25, -0.2) is 24.0 Å². The van der Waals surface area contributed by atoms with Crippen molar-refractivity contribution in [1.29, 1.82) is 0 Å². The zero-order valence-electron chi connectivity index (χ0n) is 61.5. The Kier molecular flexibility index (Phi) is 31.1. The molecule has 0 radical (unpaired) electrons. The summed E-state index contributed by atoms with van der Waals surface area (Å²) in [6.45, 7) is 20.7. The predicted molar refractivity (Wildman–Crippen MR) is 383 cm³/mol. The van der Waals surface area contributed by atoms with Crippen molar-refractivity contribution in [1.82, 2.24) is 73.6 Å². The molecule has 0 aliphatic carbocycles. The van der Waals surface area contributed by atoms with Crippen LogP contribution in [-0.2, 0) is 129 Å². The van der Waals surface area contributed by atoms with Crippen LogP contribution in [0.4, 0.5) is 9.59 Å². The van der Waals surface area contributed by atoms with E-state index in [4.69, 9.17) is 23.7 Å². The molecule has 12 rings (SSSR count). The largest absolute Gasteiger partial charge is 0.444 e. The zero-order valence-corrected chi connectivity index (χ0v) is 68.2. The van der Waals surface area contributed by atoms with Crippen LogP contribution < -0.4 is 43.7 Å². The number of aldehydes is 1. The Hall–Kier alpha value is -7.51. The smallest absolute Gasteiger partial charge is 0.410 e. The summed E-state index contributed by atoms with van der Waals surface area (Å²) in [6, 6.07) is 14.4. The van der Waals surface area contributed by atoms with Gasteiger partial charge in [-0.05, 0) is 103 Å². The van der Waals surface area contributed by atoms with Crippen LogP contribution in [0.2, 0.25) is 0 Å². The average molecular weight is 1820 g/mol. The molecular formula is C70H98ClN15O17W2. The molecule has 0 saturated carbocycles. The number of halogens is 1. The maximum atomic E-state index is 13.2. The summed E-state index contributed by atoms with van der Waals surface area (Å²) in [6.07, 6.45) is 1.54. The SMILES string of the molecule is CN(C[C@H]1CN(Cc2cccc3c2n(C)c(=O)n3C2CCC(=O)NC2=O)CCO1)C(=O)OC(C)(C)C.CN(C[C@H]1CNCCO1)C(=O)OC(C)(C)C.CNC[C@H]1CN(Cc2cccc3c2n(C)c(=O)n3C2CCC(=O)NC2=O)CCO1.Cl.Cn1c(=O)n(C2CCC(=O)NC2=O)c2cccc(C=O)c21.[W].[W]. The number of imidazole rings is 3. The maximum Gasteiger partial charge on any atom is 0.410 e. The number of amides is 8. The predicted octanol–water partition coefficient (Wildman–Crippen LogP) is 2.51. The quantitative estimate of drug-likeness (QED) is 0.0772. The molecule has 32 nitrogen and oxygen atoms in total. The minimum absolute atomic E-state index is 0. The zero-order chi connectivity index (χ0) is 74.1. The van der Waals surface area contributed by atoms with Gasteiger partial charge in [0.1, 0.15) is 29.3 Å². The number of hydrogen-bond donors (Lipinski definition) is 5. The second-order valence-corrected chi connectivity index (χ2v) is 28.4. The Balaban J connectivity index is 0.000000226. The second-order valence-electron chi connectivity index (χ2n) is 28.4. The van der Waals surface area contributed by atoms with Gasteiger partial charge in [0.15, 0.2) is 6.29 Å². The number of carbonyl (C=O) groups excluding carboxylic acids is 9. The number of rotatable bonds is 14. The van der Waals surface area contributed by atoms with Gasteiger partial charge in [-0.2, -0.15) is 0 Å². The van der Waals surface area contributed by atoms with E-state index >= 15 is 0 Å². The van der Waals surface area contributed by atoms with Crippen molar-refractivity contribution in [3.05, 3.63) is 103 Å². The van der Waals surface area contributed by atoms with Crippen LogP contribution in [-0.4, -0.2) is 230 Å². The van der Waals surface area contributed by atoms with Crippen molar-refractivity contribution in [2.45, 2.75) is 141 Å². The van der Waals surface area contributed by atoms with Crippen molar-refractivity contribution in [2.24, 2.45) is 21.1 Å². The topological polar surface area (TPSA) is 354 Å². The van der Waals surface area contributed by atoms with Crippen molar-refractivity contribution < 1.29 is 109 Å². The minimum atomic E-state index is -0.735. The number of hydrogen-bond acceptors (Lipinski definition) is 21. The van der Waals surface area contributed by atoms with E-state index < -0.39 is 53.1 Å². The van der Waals surface area contributed by atoms with Crippen LogP contribution in [0.3, 0.4) is 0 Å². The van der Waals surface area contributed by atoms with E-state index in [9.17, 15) is 57.5 Å². The van der Waals surface area contributed by atoms with Crippen LogP contribution in [0.15, 0.2) is 69.0 Å². The third-order valence-electron chi connectivity index (χ3n) is 18.2. The number of likely N-dealkylation sites (N-methyl/N-ethyl adjacent to an activating group) is 3. The van der Waals surface area contributed by atoms with Crippen LogP contribution >= 0.6 is 12.4 Å². The summed E-state index contributed by atoms with van der Waals surface area (Å²) >= 11 is 0. The molecule has 6 saturated heterocycles. The van der Waals surface area contributed by atoms with E-state index in [0.29, 0.717) is 100 Å². The first-order valence-electron chi connectivity index (χ1n) is 34.4. The Morgan fingerprint density at radius 3 is 1.30 bits per heavy atom. The molecule has 3 aromatic carbocycles.